The van der Waals surface area contributed by atoms with E-state index in [4.69, 9.17) is 9.84 Å². The average molecular weight is 401 g/mol. The van der Waals surface area contributed by atoms with Crippen molar-refractivity contribution in [3.05, 3.63) is 73.8 Å². The van der Waals surface area contributed by atoms with Gasteiger partial charge in [0.25, 0.3) is 17.3 Å². The molecule has 0 unspecified atom stereocenters. The van der Waals surface area contributed by atoms with Crippen molar-refractivity contribution < 1.29 is 29.3 Å². The number of amides is 1. The van der Waals surface area contributed by atoms with E-state index >= 15 is 0 Å². The van der Waals surface area contributed by atoms with Gasteiger partial charge in [0.05, 0.1) is 33.6 Å². The number of benzene rings is 2. The van der Waals surface area contributed by atoms with Crippen LogP contribution < -0.4 is 4.74 Å². The first-order valence-corrected chi connectivity index (χ1v) is 8.48. The molecule has 1 aliphatic rings. The maximum Gasteiger partial charge on any atom is 0.335 e. The van der Waals surface area contributed by atoms with Crippen LogP contribution in [0.3, 0.4) is 0 Å². The van der Waals surface area contributed by atoms with E-state index < -0.39 is 33.1 Å². The standard InChI is InChI=1S/C18H15N3O8/c22-17(12-7-13(20(25)26)9-14(8-12)21(27)28)19-6-5-16(10-19)29-15-3-1-11(2-4-15)18(23)24/h1-4,7-9,16H,5-6,10H2,(H,23,24)/t16-/m0/s1. The Morgan fingerprint density at radius 1 is 1.00 bits per heavy atom. The van der Waals surface area contributed by atoms with Crippen LogP contribution >= 0.6 is 0 Å². The number of rotatable bonds is 6. The molecule has 2 aromatic rings. The van der Waals surface area contributed by atoms with Crippen molar-refractivity contribution in [1.29, 1.82) is 0 Å². The van der Waals surface area contributed by atoms with Gasteiger partial charge in [0.1, 0.15) is 11.9 Å². The third-order valence-corrected chi connectivity index (χ3v) is 4.41. The number of nitro benzene ring substituents is 2. The van der Waals surface area contributed by atoms with Crippen molar-refractivity contribution >= 4 is 23.3 Å². The molecule has 0 radical (unpaired) electrons. The summed E-state index contributed by atoms with van der Waals surface area (Å²) in [6, 6.07) is 8.64. The number of likely N-dealkylation sites (tertiary alicyclic amines) is 1. The summed E-state index contributed by atoms with van der Waals surface area (Å²) in [7, 11) is 0. The van der Waals surface area contributed by atoms with Gasteiger partial charge in [0.2, 0.25) is 0 Å². The van der Waals surface area contributed by atoms with Crippen LogP contribution in [-0.4, -0.2) is 50.9 Å². The van der Waals surface area contributed by atoms with Gasteiger partial charge in [-0.25, -0.2) is 4.79 Å². The minimum Gasteiger partial charge on any atom is -0.489 e. The second kappa shape index (κ2) is 7.92. The second-order valence-corrected chi connectivity index (χ2v) is 6.36. The van der Waals surface area contributed by atoms with Gasteiger partial charge >= 0.3 is 5.97 Å². The quantitative estimate of drug-likeness (QED) is 0.572. The number of aromatic carboxylic acids is 1. The number of hydrogen-bond donors (Lipinski definition) is 1. The Bertz CT molecular complexity index is 957. The summed E-state index contributed by atoms with van der Waals surface area (Å²) in [5.74, 6) is -1.18. The second-order valence-electron chi connectivity index (χ2n) is 6.36. The molecule has 29 heavy (non-hydrogen) atoms. The largest absolute Gasteiger partial charge is 0.489 e. The molecule has 0 saturated carbocycles. The number of carbonyl (C=O) groups excluding carboxylic acids is 1. The van der Waals surface area contributed by atoms with E-state index in [1.165, 1.54) is 29.2 Å². The number of non-ortho nitro benzene ring substituents is 2. The molecule has 0 spiro atoms. The van der Waals surface area contributed by atoms with E-state index in [1.54, 1.807) is 0 Å². The molecule has 1 saturated heterocycles. The summed E-state index contributed by atoms with van der Waals surface area (Å²) in [5, 5.41) is 30.9. The fraction of sp³-hybridized carbons (Fsp3) is 0.222. The Morgan fingerprint density at radius 2 is 1.59 bits per heavy atom. The van der Waals surface area contributed by atoms with Gasteiger partial charge in [-0.2, -0.15) is 0 Å². The van der Waals surface area contributed by atoms with Crippen LogP contribution in [0.15, 0.2) is 42.5 Å². The number of carbonyl (C=O) groups is 2. The van der Waals surface area contributed by atoms with Crippen molar-refractivity contribution in [1.82, 2.24) is 4.90 Å². The molecular weight excluding hydrogens is 386 g/mol. The van der Waals surface area contributed by atoms with Gasteiger partial charge in [0.15, 0.2) is 0 Å². The SMILES string of the molecule is O=C(O)c1ccc(O[C@H]2CCN(C(=O)c3cc([N+](=O)[O-])cc([N+](=O)[O-])c3)C2)cc1. The van der Waals surface area contributed by atoms with Crippen LogP contribution in [0, 0.1) is 20.2 Å². The molecule has 0 aromatic heterocycles. The lowest BCUT2D eigenvalue weighted by Gasteiger charge is -2.17. The molecular formula is C18H15N3O8. The van der Waals surface area contributed by atoms with Gasteiger partial charge in [-0.15, -0.1) is 0 Å². The first-order chi connectivity index (χ1) is 13.7. The minimum absolute atomic E-state index is 0.118. The van der Waals surface area contributed by atoms with Crippen molar-refractivity contribution in [2.75, 3.05) is 13.1 Å². The predicted octanol–water partition coefficient (Wildman–Crippen LogP) is 2.49. The molecule has 1 aliphatic heterocycles. The highest BCUT2D eigenvalue weighted by Crippen LogP contribution is 2.26. The minimum atomic E-state index is -1.06. The van der Waals surface area contributed by atoms with Crippen molar-refractivity contribution in [2.45, 2.75) is 12.5 Å². The molecule has 1 atom stereocenters. The maximum atomic E-state index is 12.7. The molecule has 1 amide bonds. The molecule has 1 N–H and O–H groups in total. The molecule has 11 heteroatoms. The van der Waals surface area contributed by atoms with E-state index in [1.807, 2.05) is 0 Å². The monoisotopic (exact) mass is 401 g/mol. The van der Waals surface area contributed by atoms with E-state index in [-0.39, 0.29) is 23.8 Å². The number of hydrogen-bond acceptors (Lipinski definition) is 7. The predicted molar refractivity (Wildman–Crippen MR) is 98.1 cm³/mol. The highest BCUT2D eigenvalue weighted by molar-refractivity contribution is 5.95. The summed E-state index contributed by atoms with van der Waals surface area (Å²) in [5.41, 5.74) is -1.09. The summed E-state index contributed by atoms with van der Waals surface area (Å²) in [6.45, 7) is 0.503. The van der Waals surface area contributed by atoms with Gasteiger partial charge in [-0.1, -0.05) is 0 Å². The van der Waals surface area contributed by atoms with E-state index in [2.05, 4.69) is 0 Å². The molecule has 1 heterocycles. The van der Waals surface area contributed by atoms with Crippen molar-refractivity contribution in [3.63, 3.8) is 0 Å². The lowest BCUT2D eigenvalue weighted by molar-refractivity contribution is -0.394. The van der Waals surface area contributed by atoms with Gasteiger partial charge in [-0.3, -0.25) is 25.0 Å². The highest BCUT2D eigenvalue weighted by atomic mass is 16.6. The molecule has 2 aromatic carbocycles. The topological polar surface area (TPSA) is 153 Å². The number of carboxylic acid groups (broad SMARTS) is 1. The lowest BCUT2D eigenvalue weighted by Crippen LogP contribution is -2.31. The van der Waals surface area contributed by atoms with Crippen LogP contribution in [0.2, 0.25) is 0 Å². The Balaban J connectivity index is 1.71. The van der Waals surface area contributed by atoms with Crippen LogP contribution in [0.4, 0.5) is 11.4 Å². The smallest absolute Gasteiger partial charge is 0.335 e. The first kappa shape index (κ1) is 19.7. The fourth-order valence-corrected chi connectivity index (χ4v) is 2.99. The zero-order chi connectivity index (χ0) is 21.1. The third-order valence-electron chi connectivity index (χ3n) is 4.41. The van der Waals surface area contributed by atoms with Crippen molar-refractivity contribution in [3.8, 4) is 5.75 Å². The summed E-state index contributed by atoms with van der Waals surface area (Å²) < 4.78 is 5.75. The normalized spacial score (nSPS) is 15.7. The van der Waals surface area contributed by atoms with Crippen molar-refractivity contribution in [2.24, 2.45) is 0 Å². The molecule has 0 bridgehead atoms. The van der Waals surface area contributed by atoms with E-state index in [0.29, 0.717) is 18.7 Å². The van der Waals surface area contributed by atoms with Gasteiger partial charge in [-0.05, 0) is 24.3 Å². The Morgan fingerprint density at radius 3 is 2.10 bits per heavy atom. The Kier molecular flexibility index (Phi) is 5.39. The van der Waals surface area contributed by atoms with Gasteiger partial charge in [0, 0.05) is 25.1 Å². The van der Waals surface area contributed by atoms with Crippen LogP contribution in [0.25, 0.3) is 0 Å². The summed E-state index contributed by atoms with van der Waals surface area (Å²) >= 11 is 0. The number of ether oxygens (including phenoxy) is 1. The van der Waals surface area contributed by atoms with E-state index in [0.717, 1.165) is 18.2 Å². The van der Waals surface area contributed by atoms with E-state index in [9.17, 15) is 29.8 Å². The maximum absolute atomic E-state index is 12.7. The number of nitrogens with zero attached hydrogens (tertiary/aromatic N) is 3. The lowest BCUT2D eigenvalue weighted by atomic mass is 10.1. The molecule has 150 valence electrons. The summed E-state index contributed by atoms with van der Waals surface area (Å²) in [4.78, 5) is 45.4. The molecule has 1 fully saturated rings. The van der Waals surface area contributed by atoms with Crippen LogP contribution in [0.5, 0.6) is 5.75 Å². The molecule has 11 nitrogen and oxygen atoms in total. The first-order valence-electron chi connectivity index (χ1n) is 8.48. The van der Waals surface area contributed by atoms with Gasteiger partial charge < -0.3 is 14.7 Å². The van der Waals surface area contributed by atoms with Crippen LogP contribution in [0.1, 0.15) is 27.1 Å². The Labute approximate surface area is 163 Å². The number of nitro groups is 2. The average Bonchev–Trinajstić information content (AvgIpc) is 3.15. The summed E-state index contributed by atoms with van der Waals surface area (Å²) in [6.07, 6.45) is 0.131. The van der Waals surface area contributed by atoms with Crippen LogP contribution in [-0.2, 0) is 0 Å². The zero-order valence-electron chi connectivity index (χ0n) is 14.9. The fourth-order valence-electron chi connectivity index (χ4n) is 2.99. The zero-order valence-corrected chi connectivity index (χ0v) is 14.9. The Hall–Kier alpha value is -4.02. The molecule has 3 rings (SSSR count). The highest BCUT2D eigenvalue weighted by Gasteiger charge is 2.30. The number of carboxylic acids is 1. The molecule has 0 aliphatic carbocycles. The third kappa shape index (κ3) is 4.46.